The molecule has 0 saturated carbocycles. The fourth-order valence-electron chi connectivity index (χ4n) is 1.27. The Kier molecular flexibility index (Phi) is 2.86. The molecule has 0 heterocycles. The Balaban J connectivity index is 3.25. The van der Waals surface area contributed by atoms with Crippen molar-refractivity contribution in [3.63, 3.8) is 0 Å². The minimum Gasteiger partial charge on any atom is -0.362 e. The van der Waals surface area contributed by atoms with Crippen molar-refractivity contribution in [3.8, 4) is 0 Å². The van der Waals surface area contributed by atoms with Crippen LogP contribution in [-0.2, 0) is 0 Å². The van der Waals surface area contributed by atoms with Crippen LogP contribution in [0.5, 0.6) is 0 Å². The third-order valence-corrected chi connectivity index (χ3v) is 2.21. The van der Waals surface area contributed by atoms with Crippen LogP contribution < -0.4 is 5.32 Å². The van der Waals surface area contributed by atoms with Crippen LogP contribution in [0.2, 0.25) is 0 Å². The van der Waals surface area contributed by atoms with Crippen LogP contribution in [0.3, 0.4) is 0 Å². The topological polar surface area (TPSA) is 55.2 Å². The van der Waals surface area contributed by atoms with Crippen molar-refractivity contribution >= 4 is 11.4 Å². The number of hydrogen-bond acceptors (Lipinski definition) is 3. The monoisotopic (exact) mass is 192 g/mol. The summed E-state index contributed by atoms with van der Waals surface area (Å²) in [5.74, 6) is 0. The quantitative estimate of drug-likeness (QED) is 0.591. The first-order valence-electron chi connectivity index (χ1n) is 4.20. The van der Waals surface area contributed by atoms with Crippen LogP contribution in [0, 0.1) is 24.0 Å². The highest BCUT2D eigenvalue weighted by molar-refractivity contribution is 5.61. The van der Waals surface area contributed by atoms with Gasteiger partial charge in [-0.15, -0.1) is 0 Å². The molecule has 0 atom stereocenters. The number of benzene rings is 1. The molecule has 1 N–H and O–H groups in total. The summed E-state index contributed by atoms with van der Waals surface area (Å²) in [6.07, 6.45) is 1.55. The summed E-state index contributed by atoms with van der Waals surface area (Å²) in [4.78, 5) is 10.2. The lowest BCUT2D eigenvalue weighted by molar-refractivity contribution is -0.385. The maximum atomic E-state index is 10.6. The lowest BCUT2D eigenvalue weighted by Crippen LogP contribution is -1.97. The number of nitro groups is 1. The van der Waals surface area contributed by atoms with Crippen LogP contribution in [-0.4, -0.2) is 4.92 Å². The van der Waals surface area contributed by atoms with Gasteiger partial charge >= 0.3 is 0 Å². The van der Waals surface area contributed by atoms with Crippen LogP contribution in [0.25, 0.3) is 0 Å². The van der Waals surface area contributed by atoms with Crippen molar-refractivity contribution < 1.29 is 4.92 Å². The Labute approximate surface area is 82.4 Å². The lowest BCUT2D eigenvalue weighted by Gasteiger charge is -2.08. The molecule has 74 valence electrons. The molecule has 1 aromatic rings. The third kappa shape index (κ3) is 1.74. The maximum Gasteiger partial charge on any atom is 0.272 e. The van der Waals surface area contributed by atoms with E-state index in [1.807, 2.05) is 6.92 Å². The van der Waals surface area contributed by atoms with Crippen LogP contribution in [0.4, 0.5) is 11.4 Å². The van der Waals surface area contributed by atoms with Gasteiger partial charge in [0.2, 0.25) is 0 Å². The van der Waals surface area contributed by atoms with Crippen molar-refractivity contribution in [2.24, 2.45) is 0 Å². The molecule has 0 radical (unpaired) electrons. The molecule has 0 aliphatic carbocycles. The molecule has 14 heavy (non-hydrogen) atoms. The minimum atomic E-state index is -0.375. The number of nitro benzene ring substituents is 1. The van der Waals surface area contributed by atoms with E-state index in [9.17, 15) is 10.1 Å². The molecule has 0 aliphatic heterocycles. The molecule has 0 fully saturated rings. The second-order valence-corrected chi connectivity index (χ2v) is 2.99. The summed E-state index contributed by atoms with van der Waals surface area (Å²) in [6, 6.07) is 3.18. The number of rotatable bonds is 3. The fraction of sp³-hybridized carbons (Fsp3) is 0.200. The van der Waals surface area contributed by atoms with Crippen molar-refractivity contribution in [1.29, 1.82) is 0 Å². The summed E-state index contributed by atoms with van der Waals surface area (Å²) in [5, 5.41) is 13.5. The number of hydrogen-bond donors (Lipinski definition) is 1. The van der Waals surface area contributed by atoms with Gasteiger partial charge in [-0.25, -0.2) is 0 Å². The average molecular weight is 192 g/mol. The van der Waals surface area contributed by atoms with Gasteiger partial charge in [-0.05, 0) is 31.7 Å². The van der Waals surface area contributed by atoms with Gasteiger partial charge in [0.15, 0.2) is 0 Å². The fourth-order valence-corrected chi connectivity index (χ4v) is 1.27. The molecule has 4 nitrogen and oxygen atoms in total. The minimum absolute atomic E-state index is 0.150. The summed E-state index contributed by atoms with van der Waals surface area (Å²) in [5.41, 5.74) is 2.56. The van der Waals surface area contributed by atoms with Gasteiger partial charge in [-0.3, -0.25) is 10.1 Å². The van der Waals surface area contributed by atoms with Crippen molar-refractivity contribution in [1.82, 2.24) is 0 Å². The van der Waals surface area contributed by atoms with Crippen LogP contribution >= 0.6 is 0 Å². The molecule has 0 aromatic heterocycles. The van der Waals surface area contributed by atoms with Gasteiger partial charge in [0, 0.05) is 17.3 Å². The Bertz CT molecular complexity index is 386. The van der Waals surface area contributed by atoms with E-state index >= 15 is 0 Å². The highest BCUT2D eigenvalue weighted by atomic mass is 16.6. The molecule has 1 aromatic carbocycles. The SMILES string of the molecule is C=CNc1ccc([N+](=O)[O-])c(C)c1C. The average Bonchev–Trinajstić information content (AvgIpc) is 2.13. The van der Waals surface area contributed by atoms with E-state index in [1.165, 1.54) is 6.07 Å². The van der Waals surface area contributed by atoms with Gasteiger partial charge in [-0.1, -0.05) is 6.58 Å². The predicted molar refractivity (Wildman–Crippen MR) is 56.4 cm³/mol. The van der Waals surface area contributed by atoms with E-state index in [1.54, 1.807) is 19.2 Å². The van der Waals surface area contributed by atoms with Gasteiger partial charge in [0.25, 0.3) is 5.69 Å². The molecule has 0 unspecified atom stereocenters. The second kappa shape index (κ2) is 3.91. The standard InChI is InChI=1S/C10H12N2O2/c1-4-11-9-5-6-10(12(13)14)8(3)7(9)2/h4-6,11H,1H2,2-3H3. The van der Waals surface area contributed by atoms with Gasteiger partial charge in [0.05, 0.1) is 4.92 Å². The Morgan fingerprint density at radius 1 is 1.43 bits per heavy atom. The van der Waals surface area contributed by atoms with Gasteiger partial charge in [-0.2, -0.15) is 0 Å². The van der Waals surface area contributed by atoms with Gasteiger partial charge in [0.1, 0.15) is 0 Å². The first-order valence-corrected chi connectivity index (χ1v) is 4.20. The molecular formula is C10H12N2O2. The van der Waals surface area contributed by atoms with Crippen molar-refractivity contribution in [2.75, 3.05) is 5.32 Å². The zero-order valence-corrected chi connectivity index (χ0v) is 8.20. The van der Waals surface area contributed by atoms with E-state index in [2.05, 4.69) is 11.9 Å². The smallest absolute Gasteiger partial charge is 0.272 e. The molecule has 0 bridgehead atoms. The first kappa shape index (κ1) is 10.2. The summed E-state index contributed by atoms with van der Waals surface area (Å²) < 4.78 is 0. The lowest BCUT2D eigenvalue weighted by atomic mass is 10.1. The largest absolute Gasteiger partial charge is 0.362 e. The van der Waals surface area contributed by atoms with E-state index in [0.717, 1.165) is 11.3 Å². The van der Waals surface area contributed by atoms with E-state index in [0.29, 0.717) is 5.56 Å². The van der Waals surface area contributed by atoms with Gasteiger partial charge < -0.3 is 5.32 Å². The number of anilines is 1. The first-order chi connectivity index (χ1) is 6.57. The zero-order chi connectivity index (χ0) is 10.7. The molecular weight excluding hydrogens is 180 g/mol. The van der Waals surface area contributed by atoms with Crippen LogP contribution in [0.1, 0.15) is 11.1 Å². The summed E-state index contributed by atoms with van der Waals surface area (Å²) in [7, 11) is 0. The molecule has 0 amide bonds. The molecule has 0 saturated heterocycles. The Morgan fingerprint density at radius 3 is 2.57 bits per heavy atom. The van der Waals surface area contributed by atoms with E-state index in [-0.39, 0.29) is 10.6 Å². The predicted octanol–water partition coefficient (Wildman–Crippen LogP) is 2.77. The number of nitrogens with one attached hydrogen (secondary N) is 1. The highest BCUT2D eigenvalue weighted by Gasteiger charge is 2.13. The zero-order valence-electron chi connectivity index (χ0n) is 8.20. The Morgan fingerprint density at radius 2 is 2.07 bits per heavy atom. The van der Waals surface area contributed by atoms with Crippen molar-refractivity contribution in [3.05, 3.63) is 46.2 Å². The van der Waals surface area contributed by atoms with Crippen LogP contribution in [0.15, 0.2) is 24.9 Å². The van der Waals surface area contributed by atoms with Crippen molar-refractivity contribution in [2.45, 2.75) is 13.8 Å². The summed E-state index contributed by atoms with van der Waals surface area (Å²) in [6.45, 7) is 7.12. The molecule has 1 rings (SSSR count). The molecule has 0 aliphatic rings. The molecule has 0 spiro atoms. The van der Waals surface area contributed by atoms with E-state index in [4.69, 9.17) is 0 Å². The maximum absolute atomic E-state index is 10.6. The Hall–Kier alpha value is -1.84. The normalized spacial score (nSPS) is 9.57. The molecule has 4 heteroatoms. The van der Waals surface area contributed by atoms with E-state index < -0.39 is 0 Å². The number of nitrogens with zero attached hydrogens (tertiary/aromatic N) is 1. The third-order valence-electron chi connectivity index (χ3n) is 2.21. The highest BCUT2D eigenvalue weighted by Crippen LogP contribution is 2.26. The second-order valence-electron chi connectivity index (χ2n) is 2.99. The summed E-state index contributed by atoms with van der Waals surface area (Å²) >= 11 is 0.